The average molecular weight is 287 g/mol. The smallest absolute Gasteiger partial charge is 0.141 e. The Labute approximate surface area is 102 Å². The zero-order chi connectivity index (χ0) is 13.3. The van der Waals surface area contributed by atoms with E-state index in [2.05, 4.69) is 3.74 Å². The highest BCUT2D eigenvalue weighted by molar-refractivity contribution is 8.28. The van der Waals surface area contributed by atoms with E-state index in [0.29, 0.717) is 5.75 Å². The molecule has 17 heavy (non-hydrogen) atoms. The third-order valence-electron chi connectivity index (χ3n) is 1.90. The van der Waals surface area contributed by atoms with Gasteiger partial charge in [-0.25, -0.2) is 4.39 Å². The molecule has 0 aliphatic heterocycles. The van der Waals surface area contributed by atoms with Crippen molar-refractivity contribution in [2.24, 2.45) is 0 Å². The summed E-state index contributed by atoms with van der Waals surface area (Å²) in [7, 11) is -5.73. The highest BCUT2D eigenvalue weighted by atomic mass is 35.7. The molecule has 0 radical (unpaired) electrons. The first-order valence-electron chi connectivity index (χ1n) is 4.34. The molecule has 0 saturated heterocycles. The Balaban J connectivity index is 3.06. The van der Waals surface area contributed by atoms with Crippen LogP contribution in [0.15, 0.2) is 23.1 Å². The third-order valence-corrected chi connectivity index (χ3v) is 5.17. The van der Waals surface area contributed by atoms with Gasteiger partial charge in [-0.15, -0.1) is 0 Å². The molecular weight excluding hydrogens is 275 g/mol. The van der Waals surface area contributed by atoms with Gasteiger partial charge >= 0.3 is 0 Å². The Morgan fingerprint density at radius 3 is 2.24 bits per heavy atom. The summed E-state index contributed by atoms with van der Waals surface area (Å²) >= 11 is 0. The quantitative estimate of drug-likeness (QED) is 0.715. The largest absolute Gasteiger partial charge is 0.497 e. The first-order valence-corrected chi connectivity index (χ1v) is 7.95. The van der Waals surface area contributed by atoms with Gasteiger partial charge in [0.05, 0.1) is 22.2 Å². The summed E-state index contributed by atoms with van der Waals surface area (Å²) in [6.45, 7) is 0. The molecule has 1 aromatic carbocycles. The molecule has 5 nitrogen and oxygen atoms in total. The first kappa shape index (κ1) is 14.5. The first-order chi connectivity index (χ1) is 7.65. The molecule has 0 heterocycles. The molecule has 0 atom stereocenters. The number of hydrogen-bond donors (Lipinski definition) is 0. The van der Waals surface area contributed by atoms with Crippen LogP contribution in [0.3, 0.4) is 0 Å². The highest BCUT2D eigenvalue weighted by Gasteiger charge is 2.36. The molecule has 0 N–H and O–H groups in total. The monoisotopic (exact) mass is 286 g/mol. The van der Waals surface area contributed by atoms with Crippen molar-refractivity contribution in [3.8, 4) is 5.75 Å². The van der Waals surface area contributed by atoms with Crippen molar-refractivity contribution in [2.45, 2.75) is 4.90 Å². The standard InChI is InChI=1S/C9H12ClFO5S/c1-15-7-4-5-9(8(11)6-7)17(2,3)16-10(12,13)14/h4-6H,1-3H3. The molecule has 0 amide bonds. The molecule has 0 aliphatic rings. The molecule has 8 heteroatoms. The van der Waals surface area contributed by atoms with E-state index in [1.807, 2.05) is 0 Å². The van der Waals surface area contributed by atoms with E-state index < -0.39 is 26.4 Å². The molecule has 1 aromatic rings. The van der Waals surface area contributed by atoms with Gasteiger partial charge in [0.1, 0.15) is 15.3 Å². The van der Waals surface area contributed by atoms with Crippen LogP contribution in [0.5, 0.6) is 5.75 Å². The van der Waals surface area contributed by atoms with E-state index in [-0.39, 0.29) is 4.90 Å². The number of rotatable bonds is 4. The summed E-state index contributed by atoms with van der Waals surface area (Å²) in [5.74, 6) is -0.382. The van der Waals surface area contributed by atoms with Crippen molar-refractivity contribution >= 4 is 10.3 Å². The molecule has 0 bridgehead atoms. The summed E-state index contributed by atoms with van der Waals surface area (Å²) in [6, 6.07) is 3.90. The van der Waals surface area contributed by atoms with E-state index in [1.165, 1.54) is 31.8 Å². The maximum absolute atomic E-state index is 13.7. The van der Waals surface area contributed by atoms with Crippen molar-refractivity contribution in [3.05, 3.63) is 24.0 Å². The van der Waals surface area contributed by atoms with Crippen LogP contribution in [-0.4, -0.2) is 19.6 Å². The van der Waals surface area contributed by atoms with Gasteiger partial charge in [0.2, 0.25) is 0 Å². The van der Waals surface area contributed by atoms with Gasteiger partial charge in [-0.1, -0.05) is 0 Å². The second kappa shape index (κ2) is 4.97. The molecule has 0 saturated carbocycles. The van der Waals surface area contributed by atoms with Gasteiger partial charge < -0.3 is 4.74 Å². The number of methoxy groups -OCH3 is 1. The maximum atomic E-state index is 13.7. The minimum absolute atomic E-state index is 0.0326. The lowest BCUT2D eigenvalue weighted by Crippen LogP contribution is -2.61. The molecule has 1 rings (SSSR count). The number of ether oxygens (including phenoxy) is 1. The third kappa shape index (κ3) is 3.98. The molecule has 0 unspecified atom stereocenters. The predicted molar refractivity (Wildman–Crippen MR) is 51.7 cm³/mol. The summed E-state index contributed by atoms with van der Waals surface area (Å²) < 4.78 is 54.4. The topological polar surface area (TPSA) is 87.6 Å². The summed E-state index contributed by atoms with van der Waals surface area (Å²) in [5.41, 5.74) is 0. The fourth-order valence-electron chi connectivity index (χ4n) is 1.23. The van der Waals surface area contributed by atoms with Crippen molar-refractivity contribution in [1.82, 2.24) is 0 Å². The second-order valence-corrected chi connectivity index (χ2v) is 7.64. The van der Waals surface area contributed by atoms with E-state index >= 15 is 0 Å². The number of hydrogen-bond acceptors (Lipinski definition) is 5. The lowest BCUT2D eigenvalue weighted by molar-refractivity contribution is -1.91. The average Bonchev–Trinajstić information content (AvgIpc) is 2.13. The summed E-state index contributed by atoms with van der Waals surface area (Å²) in [4.78, 5) is 0.0326. The molecule has 0 aliphatic carbocycles. The molecule has 0 aromatic heterocycles. The van der Waals surface area contributed by atoms with Crippen molar-refractivity contribution in [3.63, 3.8) is 0 Å². The van der Waals surface area contributed by atoms with Crippen LogP contribution in [0.2, 0.25) is 0 Å². The molecule has 0 fully saturated rings. The normalized spacial score (nSPS) is 13.6. The second-order valence-electron chi connectivity index (χ2n) is 3.47. The van der Waals surface area contributed by atoms with E-state index in [4.69, 9.17) is 4.74 Å². The zero-order valence-electron chi connectivity index (χ0n) is 9.44. The van der Waals surface area contributed by atoms with Crippen LogP contribution in [0.1, 0.15) is 0 Å². The Kier molecular flexibility index (Phi) is 4.23. The van der Waals surface area contributed by atoms with Crippen molar-refractivity contribution < 1.29 is 37.1 Å². The number of halogens is 2. The van der Waals surface area contributed by atoms with Crippen LogP contribution in [-0.2, 0) is 3.74 Å². The van der Waals surface area contributed by atoms with Gasteiger partial charge in [-0.3, -0.25) is 0 Å². The lowest BCUT2D eigenvalue weighted by Gasteiger charge is -2.27. The van der Waals surface area contributed by atoms with Crippen LogP contribution in [0.4, 0.5) is 4.39 Å². The fraction of sp³-hybridized carbons (Fsp3) is 0.333. The highest BCUT2D eigenvalue weighted by Crippen LogP contribution is 2.53. The summed E-state index contributed by atoms with van der Waals surface area (Å²) in [6.07, 6.45) is 2.72. The van der Waals surface area contributed by atoms with Gasteiger partial charge in [0.25, 0.3) is 0 Å². The number of benzene rings is 1. The maximum Gasteiger partial charge on any atom is 0.141 e. The zero-order valence-corrected chi connectivity index (χ0v) is 11.0. The Bertz CT molecular complexity index is 407. The van der Waals surface area contributed by atoms with Gasteiger partial charge in [0, 0.05) is 28.9 Å². The lowest BCUT2D eigenvalue weighted by atomic mass is 10.3. The minimum atomic E-state index is -4.59. The molecule has 98 valence electrons. The van der Waals surface area contributed by atoms with Crippen LogP contribution >= 0.6 is 10.3 Å². The van der Waals surface area contributed by atoms with Crippen LogP contribution < -0.4 is 18.7 Å². The van der Waals surface area contributed by atoms with Gasteiger partial charge in [-0.05, 0) is 12.1 Å². The van der Waals surface area contributed by atoms with Crippen molar-refractivity contribution in [2.75, 3.05) is 19.6 Å². The van der Waals surface area contributed by atoms with Gasteiger partial charge in [0.15, 0.2) is 0 Å². The van der Waals surface area contributed by atoms with E-state index in [9.17, 15) is 18.4 Å². The van der Waals surface area contributed by atoms with E-state index in [0.717, 1.165) is 6.07 Å². The molecule has 0 spiro atoms. The summed E-state index contributed by atoms with van der Waals surface area (Å²) in [5, 5.41) is 0. The predicted octanol–water partition coefficient (Wildman–Crippen LogP) is -0.914. The fourth-order valence-corrected chi connectivity index (χ4v) is 3.97. The minimum Gasteiger partial charge on any atom is -0.497 e. The van der Waals surface area contributed by atoms with Crippen molar-refractivity contribution in [1.29, 1.82) is 0 Å². The Hall–Kier alpha value is -0.570. The van der Waals surface area contributed by atoms with Crippen LogP contribution in [0, 0.1) is 16.1 Å². The van der Waals surface area contributed by atoms with Gasteiger partial charge in [-0.2, -0.15) is 14.0 Å². The van der Waals surface area contributed by atoms with Crippen LogP contribution in [0.25, 0.3) is 0 Å². The SMILES string of the molecule is COc1ccc(S(C)(C)O[Cl+3]([O-])([O-])[O-])c(F)c1. The Morgan fingerprint density at radius 2 is 1.82 bits per heavy atom. The molecular formula is C9H12ClFO5S. The van der Waals surface area contributed by atoms with E-state index in [1.54, 1.807) is 0 Å². The Morgan fingerprint density at radius 1 is 1.24 bits per heavy atom.